The van der Waals surface area contributed by atoms with Gasteiger partial charge in [0.15, 0.2) is 0 Å². The third-order valence-corrected chi connectivity index (χ3v) is 2.80. The fourth-order valence-electron chi connectivity index (χ4n) is 1.62. The van der Waals surface area contributed by atoms with Crippen molar-refractivity contribution in [2.45, 2.75) is 26.7 Å². The Morgan fingerprint density at radius 3 is 2.94 bits per heavy atom. The first-order valence-electron chi connectivity index (χ1n) is 5.85. The Bertz CT molecular complexity index is 333. The number of Topliss-reactive ketones (excluding diaryl/α,β-unsaturated/α-hetero) is 1. The number of aryl methyl sites for hydroxylation is 2. The van der Waals surface area contributed by atoms with E-state index in [0.717, 1.165) is 25.2 Å². The van der Waals surface area contributed by atoms with Crippen LogP contribution in [0, 0.1) is 5.92 Å². The van der Waals surface area contributed by atoms with Crippen LogP contribution in [0.5, 0.6) is 0 Å². The number of carbonyl (C=O) groups excluding carboxylic acids is 1. The molecule has 1 atom stereocenters. The maximum atomic E-state index is 11.8. The second kappa shape index (κ2) is 6.43. The van der Waals surface area contributed by atoms with Crippen LogP contribution in [0.3, 0.4) is 0 Å². The largest absolute Gasteiger partial charge is 0.316 e. The van der Waals surface area contributed by atoms with Gasteiger partial charge in [0.05, 0.1) is 0 Å². The van der Waals surface area contributed by atoms with Crippen molar-refractivity contribution >= 4 is 5.78 Å². The molecular weight excluding hydrogens is 202 g/mol. The van der Waals surface area contributed by atoms with Crippen LogP contribution in [0.2, 0.25) is 0 Å². The van der Waals surface area contributed by atoms with Gasteiger partial charge in [-0.1, -0.05) is 13.8 Å². The molecule has 0 saturated carbocycles. The lowest BCUT2D eigenvalue weighted by molar-refractivity contribution is -0.122. The first-order valence-corrected chi connectivity index (χ1v) is 5.85. The summed E-state index contributed by atoms with van der Waals surface area (Å²) in [6.07, 6.45) is 3.15. The van der Waals surface area contributed by atoms with Crippen molar-refractivity contribution in [3.05, 3.63) is 18.0 Å². The second-order valence-electron chi connectivity index (χ2n) is 4.12. The number of nitrogens with zero attached hydrogens (tertiary/aromatic N) is 2. The van der Waals surface area contributed by atoms with Gasteiger partial charge in [-0.15, -0.1) is 0 Å². The molecule has 0 amide bonds. The van der Waals surface area contributed by atoms with Gasteiger partial charge in [-0.2, -0.15) is 5.10 Å². The van der Waals surface area contributed by atoms with Crippen molar-refractivity contribution in [1.29, 1.82) is 0 Å². The minimum Gasteiger partial charge on any atom is -0.316 e. The molecule has 16 heavy (non-hydrogen) atoms. The normalized spacial score (nSPS) is 12.7. The maximum Gasteiger partial charge on any atom is 0.137 e. The Balaban J connectivity index is 2.32. The molecule has 0 aliphatic heterocycles. The number of carbonyl (C=O) groups is 1. The van der Waals surface area contributed by atoms with E-state index in [0.29, 0.717) is 12.2 Å². The van der Waals surface area contributed by atoms with Crippen LogP contribution < -0.4 is 5.32 Å². The highest BCUT2D eigenvalue weighted by atomic mass is 16.1. The molecule has 0 aliphatic carbocycles. The van der Waals surface area contributed by atoms with Crippen LogP contribution >= 0.6 is 0 Å². The number of nitrogens with one attached hydrogen (secondary N) is 1. The molecule has 0 bridgehead atoms. The zero-order valence-electron chi connectivity index (χ0n) is 10.4. The van der Waals surface area contributed by atoms with Crippen LogP contribution in [0.15, 0.2) is 12.3 Å². The van der Waals surface area contributed by atoms with E-state index in [4.69, 9.17) is 0 Å². The standard InChI is InChI=1S/C12H21N3O/c1-4-13-9-10(2)12(16)6-5-11-7-8-14-15(11)3/h7-8,10,13H,4-6,9H2,1-3H3. The Morgan fingerprint density at radius 2 is 2.38 bits per heavy atom. The lowest BCUT2D eigenvalue weighted by Crippen LogP contribution is -2.26. The summed E-state index contributed by atoms with van der Waals surface area (Å²) in [7, 11) is 1.90. The molecule has 4 nitrogen and oxygen atoms in total. The zero-order chi connectivity index (χ0) is 12.0. The van der Waals surface area contributed by atoms with Crippen molar-refractivity contribution in [3.63, 3.8) is 0 Å². The Hall–Kier alpha value is -1.16. The summed E-state index contributed by atoms with van der Waals surface area (Å²) < 4.78 is 1.82. The molecule has 1 unspecified atom stereocenters. The average Bonchev–Trinajstić information content (AvgIpc) is 2.68. The Labute approximate surface area is 97.0 Å². The van der Waals surface area contributed by atoms with Gasteiger partial charge in [-0.3, -0.25) is 9.48 Å². The molecule has 0 spiro atoms. The molecule has 1 N–H and O–H groups in total. The van der Waals surface area contributed by atoms with Crippen molar-refractivity contribution in [1.82, 2.24) is 15.1 Å². The molecule has 1 aromatic heterocycles. The van der Waals surface area contributed by atoms with Crippen LogP contribution in [0.25, 0.3) is 0 Å². The number of ketones is 1. The molecule has 0 aromatic carbocycles. The monoisotopic (exact) mass is 223 g/mol. The predicted molar refractivity (Wildman–Crippen MR) is 64.2 cm³/mol. The molecule has 0 fully saturated rings. The van der Waals surface area contributed by atoms with E-state index in [-0.39, 0.29) is 5.92 Å². The summed E-state index contributed by atoms with van der Waals surface area (Å²) in [6, 6.07) is 1.96. The molecule has 1 aromatic rings. The Morgan fingerprint density at radius 1 is 1.62 bits per heavy atom. The molecule has 0 saturated heterocycles. The van der Waals surface area contributed by atoms with Gasteiger partial charge >= 0.3 is 0 Å². The van der Waals surface area contributed by atoms with Crippen molar-refractivity contribution in [2.24, 2.45) is 13.0 Å². The van der Waals surface area contributed by atoms with Gasteiger partial charge in [-0.25, -0.2) is 0 Å². The van der Waals surface area contributed by atoms with Gasteiger partial charge in [-0.05, 0) is 19.0 Å². The van der Waals surface area contributed by atoms with E-state index in [1.165, 1.54) is 0 Å². The van der Waals surface area contributed by atoms with Crippen molar-refractivity contribution < 1.29 is 4.79 Å². The Kier molecular flexibility index (Phi) is 5.19. The van der Waals surface area contributed by atoms with Gasteiger partial charge in [0, 0.05) is 37.8 Å². The fourth-order valence-corrected chi connectivity index (χ4v) is 1.62. The van der Waals surface area contributed by atoms with E-state index < -0.39 is 0 Å². The quantitative estimate of drug-likeness (QED) is 0.754. The smallest absolute Gasteiger partial charge is 0.137 e. The fraction of sp³-hybridized carbons (Fsp3) is 0.667. The van der Waals surface area contributed by atoms with E-state index >= 15 is 0 Å². The average molecular weight is 223 g/mol. The van der Waals surface area contributed by atoms with Crippen LogP contribution in [0.1, 0.15) is 26.0 Å². The summed E-state index contributed by atoms with van der Waals surface area (Å²) in [4.78, 5) is 11.8. The van der Waals surface area contributed by atoms with Gasteiger partial charge in [0.2, 0.25) is 0 Å². The summed E-state index contributed by atoms with van der Waals surface area (Å²) in [5.74, 6) is 0.426. The summed E-state index contributed by atoms with van der Waals surface area (Å²) >= 11 is 0. The van der Waals surface area contributed by atoms with E-state index in [9.17, 15) is 4.79 Å². The number of hydrogen-bond donors (Lipinski definition) is 1. The molecule has 1 rings (SSSR count). The molecule has 90 valence electrons. The number of aromatic nitrogens is 2. The number of rotatable bonds is 7. The van der Waals surface area contributed by atoms with Gasteiger partial charge in [0.25, 0.3) is 0 Å². The maximum absolute atomic E-state index is 11.8. The highest BCUT2D eigenvalue weighted by Gasteiger charge is 2.12. The first kappa shape index (κ1) is 12.9. The molecule has 1 heterocycles. The highest BCUT2D eigenvalue weighted by molar-refractivity contribution is 5.81. The highest BCUT2D eigenvalue weighted by Crippen LogP contribution is 2.06. The van der Waals surface area contributed by atoms with E-state index in [1.807, 2.05) is 31.6 Å². The van der Waals surface area contributed by atoms with Gasteiger partial charge in [0.1, 0.15) is 5.78 Å². The van der Waals surface area contributed by atoms with Crippen LogP contribution in [0.4, 0.5) is 0 Å². The third-order valence-electron chi connectivity index (χ3n) is 2.80. The predicted octanol–water partition coefficient (Wildman–Crippen LogP) is 1.17. The van der Waals surface area contributed by atoms with Crippen molar-refractivity contribution in [2.75, 3.05) is 13.1 Å². The second-order valence-corrected chi connectivity index (χ2v) is 4.12. The topological polar surface area (TPSA) is 46.9 Å². The third kappa shape index (κ3) is 3.77. The zero-order valence-corrected chi connectivity index (χ0v) is 10.4. The summed E-state index contributed by atoms with van der Waals surface area (Å²) in [5.41, 5.74) is 1.11. The molecular formula is C12H21N3O. The van der Waals surface area contributed by atoms with E-state index in [1.54, 1.807) is 6.20 Å². The number of hydrogen-bond acceptors (Lipinski definition) is 3. The SMILES string of the molecule is CCNCC(C)C(=O)CCc1ccnn1C. The lowest BCUT2D eigenvalue weighted by Gasteiger charge is -2.10. The van der Waals surface area contributed by atoms with Crippen LogP contribution in [-0.4, -0.2) is 28.7 Å². The molecule has 4 heteroatoms. The van der Waals surface area contributed by atoms with Crippen LogP contribution in [-0.2, 0) is 18.3 Å². The van der Waals surface area contributed by atoms with Gasteiger partial charge < -0.3 is 5.32 Å². The minimum atomic E-state index is 0.105. The summed E-state index contributed by atoms with van der Waals surface area (Å²) in [6.45, 7) is 5.72. The minimum absolute atomic E-state index is 0.105. The lowest BCUT2D eigenvalue weighted by atomic mass is 10.0. The first-order chi connectivity index (χ1) is 7.65. The van der Waals surface area contributed by atoms with E-state index in [2.05, 4.69) is 10.4 Å². The molecule has 0 aliphatic rings. The van der Waals surface area contributed by atoms with Crippen molar-refractivity contribution in [3.8, 4) is 0 Å². The molecule has 0 radical (unpaired) electrons. The summed E-state index contributed by atoms with van der Waals surface area (Å²) in [5, 5.41) is 7.28.